The summed E-state index contributed by atoms with van der Waals surface area (Å²) in [6.07, 6.45) is 0. The maximum Gasteiger partial charge on any atom is 0.238 e. The third kappa shape index (κ3) is 2.93. The number of anilines is 1. The molecule has 0 saturated carbocycles. The van der Waals surface area contributed by atoms with Crippen molar-refractivity contribution < 1.29 is 9.18 Å². The fraction of sp³-hybridized carbons (Fsp3) is 0.500. The van der Waals surface area contributed by atoms with E-state index in [-0.39, 0.29) is 11.7 Å². The van der Waals surface area contributed by atoms with Gasteiger partial charge in [0, 0.05) is 18.8 Å². The van der Waals surface area contributed by atoms with E-state index in [4.69, 9.17) is 0 Å². The Kier molecular flexibility index (Phi) is 3.48. The van der Waals surface area contributed by atoms with Crippen LogP contribution in [0.1, 0.15) is 0 Å². The van der Waals surface area contributed by atoms with Crippen molar-refractivity contribution in [1.82, 2.24) is 10.2 Å². The summed E-state index contributed by atoms with van der Waals surface area (Å²) >= 11 is 0. The van der Waals surface area contributed by atoms with Gasteiger partial charge in [0.1, 0.15) is 5.82 Å². The molecule has 2 fully saturated rings. The molecule has 0 radical (unpaired) electrons. The van der Waals surface area contributed by atoms with Crippen molar-refractivity contribution in [3.05, 3.63) is 30.1 Å². The van der Waals surface area contributed by atoms with E-state index in [0.29, 0.717) is 24.1 Å². The van der Waals surface area contributed by atoms with Crippen LogP contribution >= 0.6 is 0 Å². The number of likely N-dealkylation sites (tertiary alicyclic amines) is 1. The van der Waals surface area contributed by atoms with Crippen molar-refractivity contribution in [3.63, 3.8) is 0 Å². The molecule has 2 heterocycles. The summed E-state index contributed by atoms with van der Waals surface area (Å²) in [7, 11) is 0. The third-order valence-electron chi connectivity index (χ3n) is 3.94. The molecule has 2 aliphatic heterocycles. The van der Waals surface area contributed by atoms with Crippen LogP contribution in [0.2, 0.25) is 0 Å². The minimum atomic E-state index is -0.334. The van der Waals surface area contributed by atoms with Crippen LogP contribution in [-0.2, 0) is 4.79 Å². The number of hydrogen-bond donors (Lipinski definition) is 2. The average Bonchev–Trinajstić information content (AvgIpc) is 2.89. The minimum Gasteiger partial charge on any atom is -0.325 e. The SMILES string of the molecule is O=C(CN1C[C@H]2CNC[C@H]2C1)Nc1cccc(F)c1. The van der Waals surface area contributed by atoms with Gasteiger partial charge in [-0.05, 0) is 43.1 Å². The first kappa shape index (κ1) is 12.6. The standard InChI is InChI=1S/C14H18FN3O/c15-12-2-1-3-13(4-12)17-14(19)9-18-7-10-5-16-6-11(10)8-18/h1-4,10-11,16H,5-9H2,(H,17,19)/t10-,11+. The Morgan fingerprint density at radius 2 is 2.11 bits per heavy atom. The highest BCUT2D eigenvalue weighted by Crippen LogP contribution is 2.25. The topological polar surface area (TPSA) is 44.4 Å². The van der Waals surface area contributed by atoms with Crippen LogP contribution in [0.4, 0.5) is 10.1 Å². The van der Waals surface area contributed by atoms with Crippen molar-refractivity contribution in [2.45, 2.75) is 0 Å². The predicted octanol–water partition coefficient (Wildman–Crippen LogP) is 0.915. The van der Waals surface area contributed by atoms with Gasteiger partial charge in [-0.3, -0.25) is 9.69 Å². The van der Waals surface area contributed by atoms with Crippen molar-refractivity contribution in [3.8, 4) is 0 Å². The lowest BCUT2D eigenvalue weighted by molar-refractivity contribution is -0.117. The highest BCUT2D eigenvalue weighted by atomic mass is 19.1. The first-order valence-electron chi connectivity index (χ1n) is 6.69. The average molecular weight is 263 g/mol. The van der Waals surface area contributed by atoms with Gasteiger partial charge in [-0.15, -0.1) is 0 Å². The van der Waals surface area contributed by atoms with Crippen LogP contribution in [-0.4, -0.2) is 43.5 Å². The Hall–Kier alpha value is -1.46. The van der Waals surface area contributed by atoms with E-state index >= 15 is 0 Å². The van der Waals surface area contributed by atoms with Gasteiger partial charge in [-0.25, -0.2) is 4.39 Å². The van der Waals surface area contributed by atoms with Crippen LogP contribution in [0.5, 0.6) is 0 Å². The summed E-state index contributed by atoms with van der Waals surface area (Å²) in [5, 5.41) is 6.11. The Morgan fingerprint density at radius 3 is 2.79 bits per heavy atom. The van der Waals surface area contributed by atoms with E-state index in [9.17, 15) is 9.18 Å². The maximum absolute atomic E-state index is 13.0. The lowest BCUT2D eigenvalue weighted by Crippen LogP contribution is -2.33. The molecule has 2 N–H and O–H groups in total. The third-order valence-corrected chi connectivity index (χ3v) is 3.94. The molecule has 2 saturated heterocycles. The summed E-state index contributed by atoms with van der Waals surface area (Å²) in [6, 6.07) is 5.99. The summed E-state index contributed by atoms with van der Waals surface area (Å²) in [6.45, 7) is 4.48. The summed E-state index contributed by atoms with van der Waals surface area (Å²) in [4.78, 5) is 14.1. The quantitative estimate of drug-likeness (QED) is 0.852. The molecule has 102 valence electrons. The highest BCUT2D eigenvalue weighted by Gasteiger charge is 2.36. The van der Waals surface area contributed by atoms with Crippen LogP contribution in [0, 0.1) is 17.7 Å². The smallest absolute Gasteiger partial charge is 0.238 e. The minimum absolute atomic E-state index is 0.0708. The fourth-order valence-corrected chi connectivity index (χ4v) is 3.05. The molecule has 3 rings (SSSR count). The Labute approximate surface area is 112 Å². The molecule has 19 heavy (non-hydrogen) atoms. The lowest BCUT2D eigenvalue weighted by atomic mass is 10.0. The highest BCUT2D eigenvalue weighted by molar-refractivity contribution is 5.92. The second-order valence-electron chi connectivity index (χ2n) is 5.43. The maximum atomic E-state index is 13.0. The monoisotopic (exact) mass is 263 g/mol. The molecular weight excluding hydrogens is 245 g/mol. The molecule has 0 aliphatic carbocycles. The van der Waals surface area contributed by atoms with E-state index in [1.165, 1.54) is 12.1 Å². The number of carbonyl (C=O) groups is 1. The zero-order chi connectivity index (χ0) is 13.2. The van der Waals surface area contributed by atoms with Crippen molar-refractivity contribution in [2.24, 2.45) is 11.8 Å². The van der Waals surface area contributed by atoms with Crippen molar-refractivity contribution in [2.75, 3.05) is 38.0 Å². The molecule has 2 atom stereocenters. The molecule has 0 spiro atoms. The van der Waals surface area contributed by atoms with Gasteiger partial charge in [0.2, 0.25) is 5.91 Å². The molecular formula is C14H18FN3O. The molecule has 0 unspecified atom stereocenters. The zero-order valence-corrected chi connectivity index (χ0v) is 10.7. The number of hydrogen-bond acceptors (Lipinski definition) is 3. The first-order chi connectivity index (χ1) is 9.20. The van der Waals surface area contributed by atoms with Crippen LogP contribution < -0.4 is 10.6 Å². The Balaban J connectivity index is 1.52. The van der Waals surface area contributed by atoms with E-state index in [0.717, 1.165) is 26.2 Å². The second-order valence-corrected chi connectivity index (χ2v) is 5.43. The predicted molar refractivity (Wildman–Crippen MR) is 71.3 cm³/mol. The lowest BCUT2D eigenvalue weighted by Gasteiger charge is -2.16. The number of fused-ring (bicyclic) bond motifs is 1. The van der Waals surface area contributed by atoms with Gasteiger partial charge in [0.25, 0.3) is 0 Å². The van der Waals surface area contributed by atoms with Gasteiger partial charge < -0.3 is 10.6 Å². The molecule has 0 aromatic heterocycles. The Morgan fingerprint density at radius 1 is 1.37 bits per heavy atom. The molecule has 1 amide bonds. The van der Waals surface area contributed by atoms with Crippen molar-refractivity contribution >= 4 is 11.6 Å². The van der Waals surface area contributed by atoms with Crippen LogP contribution in [0.3, 0.4) is 0 Å². The molecule has 1 aromatic carbocycles. The normalized spacial score (nSPS) is 26.4. The second kappa shape index (κ2) is 5.27. The molecule has 4 nitrogen and oxygen atoms in total. The first-order valence-corrected chi connectivity index (χ1v) is 6.69. The summed E-state index contributed by atoms with van der Waals surface area (Å²) in [5.74, 6) is 0.960. The van der Waals surface area contributed by atoms with E-state index in [2.05, 4.69) is 15.5 Å². The fourth-order valence-electron chi connectivity index (χ4n) is 3.05. The summed E-state index contributed by atoms with van der Waals surface area (Å²) in [5.41, 5.74) is 0.519. The van der Waals surface area contributed by atoms with Gasteiger partial charge >= 0.3 is 0 Å². The largest absolute Gasteiger partial charge is 0.325 e. The van der Waals surface area contributed by atoms with Gasteiger partial charge in [0.05, 0.1) is 6.54 Å². The summed E-state index contributed by atoms with van der Waals surface area (Å²) < 4.78 is 13.0. The number of halogens is 1. The number of nitrogens with one attached hydrogen (secondary N) is 2. The van der Waals surface area contributed by atoms with E-state index < -0.39 is 0 Å². The molecule has 5 heteroatoms. The van der Waals surface area contributed by atoms with Gasteiger partial charge in [-0.2, -0.15) is 0 Å². The van der Waals surface area contributed by atoms with E-state index in [1.807, 2.05) is 0 Å². The Bertz CT molecular complexity index is 468. The molecule has 1 aromatic rings. The zero-order valence-electron chi connectivity index (χ0n) is 10.7. The van der Waals surface area contributed by atoms with Crippen LogP contribution in [0.15, 0.2) is 24.3 Å². The molecule has 2 aliphatic rings. The molecule has 0 bridgehead atoms. The number of benzene rings is 1. The van der Waals surface area contributed by atoms with Crippen molar-refractivity contribution in [1.29, 1.82) is 0 Å². The van der Waals surface area contributed by atoms with Gasteiger partial charge in [-0.1, -0.05) is 6.07 Å². The number of rotatable bonds is 3. The number of nitrogens with zero attached hydrogens (tertiary/aromatic N) is 1. The van der Waals surface area contributed by atoms with Gasteiger partial charge in [0.15, 0.2) is 0 Å². The number of amides is 1. The van der Waals surface area contributed by atoms with Crippen LogP contribution in [0.25, 0.3) is 0 Å². The number of carbonyl (C=O) groups excluding carboxylic acids is 1. The van der Waals surface area contributed by atoms with E-state index in [1.54, 1.807) is 12.1 Å².